The van der Waals surface area contributed by atoms with E-state index in [9.17, 15) is 26.3 Å². The average Bonchev–Trinajstić information content (AvgIpc) is 2.24. The third-order valence-electron chi connectivity index (χ3n) is 3.39. The van der Waals surface area contributed by atoms with Gasteiger partial charge in [0.2, 0.25) is 5.67 Å². The van der Waals surface area contributed by atoms with Crippen molar-refractivity contribution in [2.24, 2.45) is 5.73 Å². The van der Waals surface area contributed by atoms with Crippen molar-refractivity contribution >= 4 is 0 Å². The molecule has 1 nitrogen and oxygen atoms in total. The fourth-order valence-electron chi connectivity index (χ4n) is 1.92. The Bertz CT molecular complexity index is 258. The summed E-state index contributed by atoms with van der Waals surface area (Å²) in [4.78, 5) is 0. The molecule has 0 rings (SSSR count). The minimum atomic E-state index is -5.95. The lowest BCUT2D eigenvalue weighted by Gasteiger charge is -2.45. The number of alkyl halides is 6. The van der Waals surface area contributed by atoms with Gasteiger partial charge in [-0.25, -0.2) is 4.39 Å². The molecular formula is C10H17F6N. The Morgan fingerprint density at radius 3 is 1.29 bits per heavy atom. The molecule has 0 aromatic heterocycles. The Morgan fingerprint density at radius 1 is 0.765 bits per heavy atom. The highest BCUT2D eigenvalue weighted by molar-refractivity contribution is 5.12. The number of hydrogen-bond acceptors (Lipinski definition) is 1. The number of halogens is 6. The largest absolute Gasteiger partial charge is 0.456 e. The molecule has 104 valence electrons. The molecule has 0 aliphatic rings. The number of hydrogen-bond donors (Lipinski definition) is 1. The van der Waals surface area contributed by atoms with E-state index in [1.807, 2.05) is 0 Å². The molecule has 17 heavy (non-hydrogen) atoms. The quantitative estimate of drug-likeness (QED) is 0.751. The van der Waals surface area contributed by atoms with Gasteiger partial charge in [0.15, 0.2) is 0 Å². The van der Waals surface area contributed by atoms with Crippen molar-refractivity contribution in [1.82, 2.24) is 0 Å². The molecule has 1 atom stereocenters. The van der Waals surface area contributed by atoms with Crippen molar-refractivity contribution in [3.05, 3.63) is 0 Å². The molecular weight excluding hydrogens is 248 g/mol. The van der Waals surface area contributed by atoms with Crippen LogP contribution in [0.25, 0.3) is 0 Å². The summed E-state index contributed by atoms with van der Waals surface area (Å²) in [5.74, 6) is -5.46. The van der Waals surface area contributed by atoms with E-state index in [0.717, 1.165) is 6.92 Å². The van der Waals surface area contributed by atoms with E-state index in [-0.39, 0.29) is 12.8 Å². The molecule has 0 radical (unpaired) electrons. The standard InChI is InChI=1S/C10H17F6N/c1-4-7(17,5-2)8(11,6-3)9(12,13)10(14,15)16/h4-6,17H2,1-3H3. The lowest BCUT2D eigenvalue weighted by Crippen LogP contribution is -2.69. The summed E-state index contributed by atoms with van der Waals surface area (Å²) in [6.07, 6.45) is -7.57. The smallest absolute Gasteiger partial charge is 0.322 e. The fraction of sp³-hybridized carbons (Fsp3) is 1.00. The zero-order valence-electron chi connectivity index (χ0n) is 9.97. The van der Waals surface area contributed by atoms with Crippen molar-refractivity contribution in [3.8, 4) is 0 Å². The second-order valence-corrected chi connectivity index (χ2v) is 4.09. The van der Waals surface area contributed by atoms with Crippen molar-refractivity contribution in [2.45, 2.75) is 63.3 Å². The lowest BCUT2D eigenvalue weighted by molar-refractivity contribution is -0.339. The van der Waals surface area contributed by atoms with E-state index < -0.39 is 29.7 Å². The third kappa shape index (κ3) is 2.26. The summed E-state index contributed by atoms with van der Waals surface area (Å²) in [6.45, 7) is 3.52. The van der Waals surface area contributed by atoms with Crippen LogP contribution in [0, 0.1) is 0 Å². The second-order valence-electron chi connectivity index (χ2n) is 4.09. The third-order valence-corrected chi connectivity index (χ3v) is 3.39. The van der Waals surface area contributed by atoms with E-state index in [2.05, 4.69) is 0 Å². The summed E-state index contributed by atoms with van der Waals surface area (Å²) < 4.78 is 77.6. The summed E-state index contributed by atoms with van der Waals surface area (Å²) in [5.41, 5.74) is -0.598. The highest BCUT2D eigenvalue weighted by Gasteiger charge is 2.75. The molecule has 1 unspecified atom stereocenters. The molecule has 0 bridgehead atoms. The van der Waals surface area contributed by atoms with Gasteiger partial charge in [-0.05, 0) is 19.3 Å². The van der Waals surface area contributed by atoms with Gasteiger partial charge in [0, 0.05) is 0 Å². The Labute approximate surface area is 96.4 Å². The highest BCUT2D eigenvalue weighted by atomic mass is 19.4. The van der Waals surface area contributed by atoms with Crippen molar-refractivity contribution < 1.29 is 26.3 Å². The van der Waals surface area contributed by atoms with E-state index in [1.54, 1.807) is 0 Å². The van der Waals surface area contributed by atoms with Crippen molar-refractivity contribution in [3.63, 3.8) is 0 Å². The molecule has 0 spiro atoms. The summed E-state index contributed by atoms with van der Waals surface area (Å²) in [6, 6.07) is 0. The average molecular weight is 265 g/mol. The predicted octanol–water partition coefficient (Wildman–Crippen LogP) is 3.82. The first-order valence-corrected chi connectivity index (χ1v) is 5.35. The molecule has 0 aromatic carbocycles. The van der Waals surface area contributed by atoms with Crippen LogP contribution in [0.2, 0.25) is 0 Å². The Kier molecular flexibility index (Phi) is 4.54. The molecule has 0 aliphatic heterocycles. The van der Waals surface area contributed by atoms with Crippen LogP contribution < -0.4 is 5.73 Å². The van der Waals surface area contributed by atoms with Gasteiger partial charge in [0.1, 0.15) is 0 Å². The Balaban J connectivity index is 5.73. The number of nitrogens with two attached hydrogens (primary N) is 1. The molecule has 0 saturated heterocycles. The maximum absolute atomic E-state index is 14.2. The molecule has 0 aliphatic carbocycles. The van der Waals surface area contributed by atoms with Gasteiger partial charge >= 0.3 is 12.1 Å². The van der Waals surface area contributed by atoms with Crippen molar-refractivity contribution in [1.29, 1.82) is 0 Å². The Hall–Kier alpha value is -0.460. The minimum Gasteiger partial charge on any atom is -0.322 e. The molecule has 0 aromatic rings. The van der Waals surface area contributed by atoms with Gasteiger partial charge in [-0.3, -0.25) is 0 Å². The fourth-order valence-corrected chi connectivity index (χ4v) is 1.92. The van der Waals surface area contributed by atoms with Crippen molar-refractivity contribution in [2.75, 3.05) is 0 Å². The van der Waals surface area contributed by atoms with Crippen LogP contribution in [0.15, 0.2) is 0 Å². The topological polar surface area (TPSA) is 26.0 Å². The first kappa shape index (κ1) is 16.5. The zero-order valence-corrected chi connectivity index (χ0v) is 9.97. The summed E-state index contributed by atoms with van der Waals surface area (Å²) in [7, 11) is 0. The normalized spacial score (nSPS) is 18.0. The molecule has 0 saturated carbocycles. The van der Waals surface area contributed by atoms with E-state index in [1.165, 1.54) is 13.8 Å². The first-order valence-electron chi connectivity index (χ1n) is 5.35. The summed E-state index contributed by atoms with van der Waals surface area (Å²) >= 11 is 0. The zero-order chi connectivity index (χ0) is 14.1. The van der Waals surface area contributed by atoms with Crippen LogP contribution in [-0.4, -0.2) is 23.3 Å². The monoisotopic (exact) mass is 265 g/mol. The molecule has 0 amide bonds. The van der Waals surface area contributed by atoms with Gasteiger partial charge in [0.25, 0.3) is 0 Å². The molecule has 0 fully saturated rings. The van der Waals surface area contributed by atoms with E-state index in [4.69, 9.17) is 5.73 Å². The Morgan fingerprint density at radius 2 is 1.12 bits per heavy atom. The summed E-state index contributed by atoms with van der Waals surface area (Å²) in [5, 5.41) is 0. The van der Waals surface area contributed by atoms with Gasteiger partial charge in [-0.2, -0.15) is 22.0 Å². The highest BCUT2D eigenvalue weighted by Crippen LogP contribution is 2.52. The van der Waals surface area contributed by atoms with Crippen LogP contribution in [-0.2, 0) is 0 Å². The van der Waals surface area contributed by atoms with E-state index in [0.29, 0.717) is 0 Å². The van der Waals surface area contributed by atoms with Gasteiger partial charge < -0.3 is 5.73 Å². The van der Waals surface area contributed by atoms with Crippen LogP contribution in [0.5, 0.6) is 0 Å². The van der Waals surface area contributed by atoms with Crippen LogP contribution in [0.3, 0.4) is 0 Å². The van der Waals surface area contributed by atoms with Gasteiger partial charge in [-0.1, -0.05) is 20.8 Å². The van der Waals surface area contributed by atoms with Gasteiger partial charge in [-0.15, -0.1) is 0 Å². The van der Waals surface area contributed by atoms with Crippen LogP contribution in [0.1, 0.15) is 40.0 Å². The van der Waals surface area contributed by atoms with E-state index >= 15 is 0 Å². The molecule has 2 N–H and O–H groups in total. The maximum atomic E-state index is 14.2. The first-order chi connectivity index (χ1) is 7.43. The SMILES string of the molecule is CCC(N)(CC)C(F)(CC)C(F)(F)C(F)(F)F. The van der Waals surface area contributed by atoms with Crippen LogP contribution >= 0.6 is 0 Å². The lowest BCUT2D eigenvalue weighted by atomic mass is 9.72. The minimum absolute atomic E-state index is 0.306. The predicted molar refractivity (Wildman–Crippen MR) is 52.6 cm³/mol. The molecule has 0 heterocycles. The number of rotatable bonds is 5. The maximum Gasteiger partial charge on any atom is 0.456 e. The molecule has 7 heteroatoms. The van der Waals surface area contributed by atoms with Crippen LogP contribution in [0.4, 0.5) is 26.3 Å². The second kappa shape index (κ2) is 4.66. The van der Waals surface area contributed by atoms with Gasteiger partial charge in [0.05, 0.1) is 5.54 Å².